The molecule has 0 aromatic carbocycles. The fourth-order valence-corrected chi connectivity index (χ4v) is 1.41. The van der Waals surface area contributed by atoms with Gasteiger partial charge in [-0.05, 0) is 0 Å². The van der Waals surface area contributed by atoms with Gasteiger partial charge in [0, 0.05) is 0 Å². The molecule has 0 aliphatic rings. The topological polar surface area (TPSA) is 97.8 Å². The number of aromatic nitrogens is 4. The first-order valence-electron chi connectivity index (χ1n) is 4.03. The molecule has 2 aromatic rings. The number of H-pyrrole nitrogens is 1. The van der Waals surface area contributed by atoms with Gasteiger partial charge in [-0.25, -0.2) is 15.0 Å². The summed E-state index contributed by atoms with van der Waals surface area (Å²) in [5, 5.41) is 0. The van der Waals surface area contributed by atoms with Crippen LogP contribution in [0.2, 0.25) is 0 Å². The third kappa shape index (κ3) is 2.28. The molecule has 0 saturated carbocycles. The van der Waals surface area contributed by atoms with Gasteiger partial charge in [0.15, 0.2) is 5.65 Å². The number of nitrogens with zero attached hydrogens (tertiary/aromatic N) is 3. The first kappa shape index (κ1) is 9.99. The fourth-order valence-electron chi connectivity index (χ4n) is 1.09. The van der Waals surface area contributed by atoms with E-state index in [0.717, 1.165) is 6.26 Å². The number of aromatic amines is 1. The summed E-state index contributed by atoms with van der Waals surface area (Å²) in [5.74, 6) is 0. The molecule has 0 radical (unpaired) electrons. The Morgan fingerprint density at radius 1 is 1.40 bits per heavy atom. The van der Waals surface area contributed by atoms with E-state index in [9.17, 15) is 8.42 Å². The van der Waals surface area contributed by atoms with Crippen LogP contribution in [0, 0.1) is 0 Å². The van der Waals surface area contributed by atoms with Crippen molar-refractivity contribution < 1.29 is 12.6 Å². The van der Waals surface area contributed by atoms with Gasteiger partial charge in [-0.15, -0.1) is 0 Å². The second-order valence-corrected chi connectivity index (χ2v) is 4.53. The van der Waals surface area contributed by atoms with Crippen molar-refractivity contribution in [3.05, 3.63) is 18.3 Å². The lowest BCUT2D eigenvalue weighted by Crippen LogP contribution is -2.04. The highest BCUT2D eigenvalue weighted by molar-refractivity contribution is 7.85. The molecule has 0 bridgehead atoms. The Kier molecular flexibility index (Phi) is 2.37. The smallest absolute Gasteiger partial charge is 0.264 e. The maximum absolute atomic E-state index is 10.8. The molecule has 0 amide bonds. The summed E-state index contributed by atoms with van der Waals surface area (Å²) in [7, 11) is -3.47. The zero-order valence-electron chi connectivity index (χ0n) is 7.84. The minimum absolute atomic E-state index is 0.125. The Labute approximate surface area is 85.7 Å². The van der Waals surface area contributed by atoms with E-state index in [0.29, 0.717) is 16.9 Å². The van der Waals surface area contributed by atoms with E-state index >= 15 is 0 Å². The molecule has 2 aromatic heterocycles. The lowest BCUT2D eigenvalue weighted by molar-refractivity contribution is 0.308. The molecule has 2 heterocycles. The zero-order valence-corrected chi connectivity index (χ0v) is 8.65. The van der Waals surface area contributed by atoms with Crippen molar-refractivity contribution in [1.82, 2.24) is 19.9 Å². The summed E-state index contributed by atoms with van der Waals surface area (Å²) in [6.45, 7) is -0.125. The molecule has 8 heteroatoms. The fraction of sp³-hybridized carbons (Fsp3) is 0.286. The van der Waals surface area contributed by atoms with E-state index in [2.05, 4.69) is 24.1 Å². The van der Waals surface area contributed by atoms with Crippen molar-refractivity contribution in [3.8, 4) is 0 Å². The Morgan fingerprint density at radius 3 is 2.93 bits per heavy atom. The summed E-state index contributed by atoms with van der Waals surface area (Å²) < 4.78 is 26.2. The van der Waals surface area contributed by atoms with Crippen LogP contribution in [-0.2, 0) is 20.9 Å². The van der Waals surface area contributed by atoms with Gasteiger partial charge in [-0.2, -0.15) is 8.42 Å². The normalized spacial score (nSPS) is 12.1. The third-order valence-electron chi connectivity index (χ3n) is 1.71. The number of imidazole rings is 1. The van der Waals surface area contributed by atoms with Crippen molar-refractivity contribution in [3.63, 3.8) is 0 Å². The highest BCUT2D eigenvalue weighted by Crippen LogP contribution is 2.10. The van der Waals surface area contributed by atoms with Crippen molar-refractivity contribution in [2.24, 2.45) is 0 Å². The van der Waals surface area contributed by atoms with Crippen molar-refractivity contribution in [2.75, 3.05) is 6.26 Å². The highest BCUT2D eigenvalue weighted by atomic mass is 32.2. The minimum Gasteiger partial charge on any atom is -0.342 e. The van der Waals surface area contributed by atoms with Crippen LogP contribution in [0.25, 0.3) is 11.2 Å². The predicted molar refractivity (Wildman–Crippen MR) is 51.3 cm³/mol. The molecule has 0 spiro atoms. The Hall–Kier alpha value is -1.54. The maximum atomic E-state index is 10.8. The number of fused-ring (bicyclic) bond motifs is 1. The van der Waals surface area contributed by atoms with Crippen LogP contribution in [-0.4, -0.2) is 34.6 Å². The van der Waals surface area contributed by atoms with Gasteiger partial charge < -0.3 is 4.98 Å². The number of rotatable bonds is 3. The summed E-state index contributed by atoms with van der Waals surface area (Å²) in [4.78, 5) is 14.5. The Morgan fingerprint density at radius 2 is 2.20 bits per heavy atom. The van der Waals surface area contributed by atoms with Crippen LogP contribution in [0.5, 0.6) is 0 Å². The minimum atomic E-state index is -3.47. The lowest BCUT2D eigenvalue weighted by atomic mass is 10.4. The summed E-state index contributed by atoms with van der Waals surface area (Å²) in [6, 6.07) is 0. The molecule has 0 unspecified atom stereocenters. The summed E-state index contributed by atoms with van der Waals surface area (Å²) in [5.41, 5.74) is 1.53. The predicted octanol–water partition coefficient (Wildman–Crippen LogP) is -0.171. The molecule has 0 aliphatic carbocycles. The standard InChI is InChI=1S/C7H8N4O3S/c1-15(12,13)14-2-5-6-7(10-3-8-5)11-4-9-6/h3-4H,2H2,1H3,(H,8,9,10,11). The molecule has 2 rings (SSSR count). The lowest BCUT2D eigenvalue weighted by Gasteiger charge is -2.00. The van der Waals surface area contributed by atoms with Gasteiger partial charge in [0.05, 0.1) is 18.3 Å². The van der Waals surface area contributed by atoms with Gasteiger partial charge in [-0.3, -0.25) is 4.18 Å². The summed E-state index contributed by atoms with van der Waals surface area (Å²) in [6.07, 6.45) is 3.76. The second kappa shape index (κ2) is 3.55. The Balaban J connectivity index is 2.32. The Bertz CT molecular complexity index is 577. The molecule has 0 fully saturated rings. The van der Waals surface area contributed by atoms with Crippen LogP contribution in [0.4, 0.5) is 0 Å². The average Bonchev–Trinajstić information content (AvgIpc) is 2.61. The highest BCUT2D eigenvalue weighted by Gasteiger charge is 2.09. The van der Waals surface area contributed by atoms with Crippen LogP contribution in [0.3, 0.4) is 0 Å². The molecule has 0 atom stereocenters. The summed E-state index contributed by atoms with van der Waals surface area (Å²) >= 11 is 0. The monoisotopic (exact) mass is 228 g/mol. The van der Waals surface area contributed by atoms with E-state index in [1.165, 1.54) is 12.7 Å². The SMILES string of the molecule is CS(=O)(=O)OCc1ncnc2nc[nH]c12. The van der Waals surface area contributed by atoms with E-state index < -0.39 is 10.1 Å². The van der Waals surface area contributed by atoms with Crippen LogP contribution >= 0.6 is 0 Å². The molecule has 7 nitrogen and oxygen atoms in total. The van der Waals surface area contributed by atoms with Crippen LogP contribution in [0.1, 0.15) is 5.69 Å². The van der Waals surface area contributed by atoms with E-state index in [4.69, 9.17) is 0 Å². The first-order valence-corrected chi connectivity index (χ1v) is 5.85. The second-order valence-electron chi connectivity index (χ2n) is 2.89. The van der Waals surface area contributed by atoms with E-state index in [1.54, 1.807) is 0 Å². The van der Waals surface area contributed by atoms with Crippen molar-refractivity contribution in [2.45, 2.75) is 6.61 Å². The van der Waals surface area contributed by atoms with Gasteiger partial charge in [0.25, 0.3) is 10.1 Å². The van der Waals surface area contributed by atoms with E-state index in [1.807, 2.05) is 0 Å². The molecular weight excluding hydrogens is 220 g/mol. The maximum Gasteiger partial charge on any atom is 0.264 e. The zero-order chi connectivity index (χ0) is 10.9. The third-order valence-corrected chi connectivity index (χ3v) is 2.26. The first-order chi connectivity index (χ1) is 7.06. The molecule has 1 N–H and O–H groups in total. The average molecular weight is 228 g/mol. The van der Waals surface area contributed by atoms with Gasteiger partial charge in [0.2, 0.25) is 0 Å². The van der Waals surface area contributed by atoms with Gasteiger partial charge in [-0.1, -0.05) is 0 Å². The molecule has 0 aliphatic heterocycles. The number of hydrogen-bond donors (Lipinski definition) is 1. The number of hydrogen-bond acceptors (Lipinski definition) is 6. The van der Waals surface area contributed by atoms with Gasteiger partial charge >= 0.3 is 0 Å². The van der Waals surface area contributed by atoms with Crippen molar-refractivity contribution in [1.29, 1.82) is 0 Å². The molecule has 0 saturated heterocycles. The molecular formula is C7H8N4O3S. The van der Waals surface area contributed by atoms with Crippen molar-refractivity contribution >= 4 is 21.3 Å². The van der Waals surface area contributed by atoms with E-state index in [-0.39, 0.29) is 6.61 Å². The van der Waals surface area contributed by atoms with Gasteiger partial charge in [0.1, 0.15) is 18.5 Å². The van der Waals surface area contributed by atoms with Crippen LogP contribution < -0.4 is 0 Å². The quantitative estimate of drug-likeness (QED) is 0.732. The number of nitrogens with one attached hydrogen (secondary N) is 1. The molecule has 80 valence electrons. The van der Waals surface area contributed by atoms with Crippen LogP contribution in [0.15, 0.2) is 12.7 Å². The largest absolute Gasteiger partial charge is 0.342 e. The molecule has 15 heavy (non-hydrogen) atoms.